The van der Waals surface area contributed by atoms with Crippen molar-refractivity contribution in [3.8, 4) is 0 Å². The zero-order valence-corrected chi connectivity index (χ0v) is 15.9. The van der Waals surface area contributed by atoms with Gasteiger partial charge in [-0.2, -0.15) is 0 Å². The maximum absolute atomic E-state index is 12.5. The molecule has 0 saturated carbocycles. The molecular weight excluding hydrogens is 447 g/mol. The molecule has 2 aromatic carbocycles. The second-order valence-electron chi connectivity index (χ2n) is 4.85. The number of fused-ring (bicyclic) bond motifs is 1. The molecule has 0 fully saturated rings. The van der Waals surface area contributed by atoms with Crippen LogP contribution in [0.2, 0.25) is 0 Å². The van der Waals surface area contributed by atoms with Crippen LogP contribution in [0.4, 0.5) is 5.69 Å². The minimum Gasteiger partial charge on any atom is -0.299 e. The zero-order valence-electron chi connectivity index (χ0n) is 12.1. The molecule has 23 heavy (non-hydrogen) atoms. The van der Waals surface area contributed by atoms with Crippen LogP contribution >= 0.6 is 33.9 Å². The van der Waals surface area contributed by atoms with Crippen LogP contribution in [0.25, 0.3) is 10.2 Å². The van der Waals surface area contributed by atoms with Gasteiger partial charge in [-0.1, -0.05) is 11.3 Å². The second kappa shape index (κ2) is 6.25. The molecule has 3 aromatic rings. The highest BCUT2D eigenvalue weighted by Gasteiger charge is 2.16. The first-order valence-corrected chi connectivity index (χ1v) is 10.2. The van der Waals surface area contributed by atoms with E-state index < -0.39 is 10.0 Å². The maximum Gasteiger partial charge on any atom is 0.308 e. The van der Waals surface area contributed by atoms with E-state index in [-0.39, 0.29) is 9.77 Å². The number of hydrogen-bond donors (Lipinski definition) is 1. The topological polar surface area (TPSA) is 68.2 Å². The standard InChI is InChI=1S/C15H13IN2O3S2/c1-2-18-13-8-7-12(9-14(13)22-15(18)19)23(20,21)17-11-5-3-10(16)4-6-11/h3-9,17H,2H2,1H3. The van der Waals surface area contributed by atoms with Crippen molar-refractivity contribution in [3.63, 3.8) is 0 Å². The summed E-state index contributed by atoms with van der Waals surface area (Å²) in [5.74, 6) is 0. The smallest absolute Gasteiger partial charge is 0.299 e. The van der Waals surface area contributed by atoms with Crippen molar-refractivity contribution in [1.82, 2.24) is 4.57 Å². The van der Waals surface area contributed by atoms with Crippen LogP contribution < -0.4 is 9.60 Å². The summed E-state index contributed by atoms with van der Waals surface area (Å²) in [6, 6.07) is 11.8. The molecule has 120 valence electrons. The Morgan fingerprint density at radius 1 is 1.17 bits per heavy atom. The quantitative estimate of drug-likeness (QED) is 0.607. The van der Waals surface area contributed by atoms with Crippen LogP contribution in [0.15, 0.2) is 52.2 Å². The summed E-state index contributed by atoms with van der Waals surface area (Å²) in [4.78, 5) is 11.9. The zero-order chi connectivity index (χ0) is 16.6. The number of hydrogen-bond acceptors (Lipinski definition) is 4. The van der Waals surface area contributed by atoms with Gasteiger partial charge in [-0.3, -0.25) is 14.1 Å². The number of benzene rings is 2. The fourth-order valence-electron chi connectivity index (χ4n) is 2.25. The number of thiazole rings is 1. The fraction of sp³-hybridized carbons (Fsp3) is 0.133. The Hall–Kier alpha value is -1.39. The SMILES string of the molecule is CCn1c(=O)sc2cc(S(=O)(=O)Nc3ccc(I)cc3)ccc21. The Bertz CT molecular complexity index is 1020. The maximum atomic E-state index is 12.5. The highest BCUT2D eigenvalue weighted by atomic mass is 127. The first-order chi connectivity index (χ1) is 10.9. The molecule has 0 radical (unpaired) electrons. The third kappa shape index (κ3) is 3.29. The van der Waals surface area contributed by atoms with Crippen LogP contribution in [0.3, 0.4) is 0 Å². The lowest BCUT2D eigenvalue weighted by Gasteiger charge is -2.08. The second-order valence-corrected chi connectivity index (χ2v) is 8.78. The first-order valence-electron chi connectivity index (χ1n) is 6.82. The molecule has 0 unspecified atom stereocenters. The van der Waals surface area contributed by atoms with E-state index >= 15 is 0 Å². The molecule has 8 heteroatoms. The highest BCUT2D eigenvalue weighted by molar-refractivity contribution is 14.1. The lowest BCUT2D eigenvalue weighted by molar-refractivity contribution is 0.601. The van der Waals surface area contributed by atoms with E-state index in [0.29, 0.717) is 16.9 Å². The predicted molar refractivity (Wildman–Crippen MR) is 102 cm³/mol. The van der Waals surface area contributed by atoms with E-state index in [4.69, 9.17) is 0 Å². The van der Waals surface area contributed by atoms with Gasteiger partial charge in [0, 0.05) is 15.8 Å². The van der Waals surface area contributed by atoms with Gasteiger partial charge in [0.05, 0.1) is 15.1 Å². The number of nitrogens with zero attached hydrogens (tertiary/aromatic N) is 1. The Morgan fingerprint density at radius 3 is 2.52 bits per heavy atom. The largest absolute Gasteiger partial charge is 0.308 e. The monoisotopic (exact) mass is 460 g/mol. The van der Waals surface area contributed by atoms with Crippen LogP contribution in [0, 0.1) is 3.57 Å². The summed E-state index contributed by atoms with van der Waals surface area (Å²) >= 11 is 3.21. The molecule has 0 amide bonds. The summed E-state index contributed by atoms with van der Waals surface area (Å²) in [5.41, 5.74) is 1.26. The van der Waals surface area contributed by atoms with Crippen molar-refractivity contribution in [2.45, 2.75) is 18.4 Å². The van der Waals surface area contributed by atoms with E-state index in [2.05, 4.69) is 27.3 Å². The van der Waals surface area contributed by atoms with Crippen LogP contribution in [-0.4, -0.2) is 13.0 Å². The molecule has 0 bridgehead atoms. The third-order valence-electron chi connectivity index (χ3n) is 3.36. The van der Waals surface area contributed by atoms with Crippen LogP contribution in [-0.2, 0) is 16.6 Å². The Balaban J connectivity index is 2.01. The normalized spacial score (nSPS) is 11.7. The molecule has 0 aliphatic carbocycles. The van der Waals surface area contributed by atoms with E-state index in [1.165, 1.54) is 6.07 Å². The fourth-order valence-corrected chi connectivity index (χ4v) is 4.76. The average Bonchev–Trinajstić information content (AvgIpc) is 2.83. The van der Waals surface area contributed by atoms with Gasteiger partial charge < -0.3 is 0 Å². The van der Waals surface area contributed by atoms with E-state index in [1.807, 2.05) is 19.1 Å². The molecule has 3 rings (SSSR count). The number of sulfonamides is 1. The average molecular weight is 460 g/mol. The minimum atomic E-state index is -3.69. The molecular formula is C15H13IN2O3S2. The molecule has 0 atom stereocenters. The van der Waals surface area contributed by atoms with Crippen molar-refractivity contribution in [1.29, 1.82) is 0 Å². The Morgan fingerprint density at radius 2 is 1.87 bits per heavy atom. The van der Waals surface area contributed by atoms with Crippen LogP contribution in [0.5, 0.6) is 0 Å². The lowest BCUT2D eigenvalue weighted by Crippen LogP contribution is -2.13. The molecule has 1 aromatic heterocycles. The van der Waals surface area contributed by atoms with Crippen LogP contribution in [0.1, 0.15) is 6.92 Å². The number of nitrogens with one attached hydrogen (secondary N) is 1. The molecule has 0 aliphatic heterocycles. The van der Waals surface area contributed by atoms with Gasteiger partial charge in [0.2, 0.25) is 0 Å². The molecule has 0 aliphatic rings. The predicted octanol–water partition coefficient (Wildman–Crippen LogP) is 3.49. The van der Waals surface area contributed by atoms with Gasteiger partial charge in [-0.15, -0.1) is 0 Å². The summed E-state index contributed by atoms with van der Waals surface area (Å²) < 4.78 is 30.9. The minimum absolute atomic E-state index is 0.0809. The lowest BCUT2D eigenvalue weighted by atomic mass is 10.3. The number of aromatic nitrogens is 1. The summed E-state index contributed by atoms with van der Waals surface area (Å²) in [6.07, 6.45) is 0. The van der Waals surface area contributed by atoms with Gasteiger partial charge in [0.1, 0.15) is 0 Å². The number of rotatable bonds is 4. The Labute approximate surface area is 151 Å². The molecule has 1 heterocycles. The summed E-state index contributed by atoms with van der Waals surface area (Å²) in [5, 5.41) is 0. The van der Waals surface area contributed by atoms with Gasteiger partial charge in [-0.25, -0.2) is 8.42 Å². The van der Waals surface area contributed by atoms with Gasteiger partial charge in [0.15, 0.2) is 0 Å². The van der Waals surface area contributed by atoms with Gasteiger partial charge >= 0.3 is 4.87 Å². The van der Waals surface area contributed by atoms with Crippen molar-refractivity contribution in [2.75, 3.05) is 4.72 Å². The third-order valence-corrected chi connectivity index (χ3v) is 6.40. The number of anilines is 1. The number of halogens is 1. The van der Waals surface area contributed by atoms with E-state index in [0.717, 1.165) is 20.4 Å². The highest BCUT2D eigenvalue weighted by Crippen LogP contribution is 2.23. The molecule has 0 spiro atoms. The first kappa shape index (κ1) is 16.5. The van der Waals surface area contributed by atoms with E-state index in [1.54, 1.807) is 28.8 Å². The van der Waals surface area contributed by atoms with Crippen molar-refractivity contribution >= 4 is 59.9 Å². The number of aryl methyl sites for hydroxylation is 1. The summed E-state index contributed by atoms with van der Waals surface area (Å²) in [7, 11) is -3.69. The van der Waals surface area contributed by atoms with Gasteiger partial charge in [-0.05, 0) is 72.0 Å². The van der Waals surface area contributed by atoms with Crippen molar-refractivity contribution in [3.05, 3.63) is 55.7 Å². The molecule has 1 N–H and O–H groups in total. The van der Waals surface area contributed by atoms with Crippen molar-refractivity contribution < 1.29 is 8.42 Å². The Kier molecular flexibility index (Phi) is 4.47. The molecule has 0 saturated heterocycles. The van der Waals surface area contributed by atoms with Gasteiger partial charge in [0.25, 0.3) is 10.0 Å². The molecule has 5 nitrogen and oxygen atoms in total. The van der Waals surface area contributed by atoms with Crippen molar-refractivity contribution in [2.24, 2.45) is 0 Å². The van der Waals surface area contributed by atoms with E-state index in [9.17, 15) is 13.2 Å². The summed E-state index contributed by atoms with van der Waals surface area (Å²) in [6.45, 7) is 2.45.